The molecule has 6 heteroatoms. The number of carbonyl (C=O) groups is 1. The summed E-state index contributed by atoms with van der Waals surface area (Å²) in [6.45, 7) is 7.58. The standard InChI is InChI=1S/C22H36N4O2/c1-16(2)5-6-17(3)25-22(23-4)24-14-13-18-7-11-20(12-8-18)28-15-21(27)26-19-9-10-19/h7-8,11-12,16-17,19H,5-6,9-10,13-15H2,1-4H3,(H,26,27)(H2,23,24,25). The summed E-state index contributed by atoms with van der Waals surface area (Å²) in [4.78, 5) is 16.0. The second-order valence-corrected chi connectivity index (χ2v) is 8.04. The van der Waals surface area contributed by atoms with Gasteiger partial charge >= 0.3 is 0 Å². The van der Waals surface area contributed by atoms with Crippen molar-refractivity contribution in [2.24, 2.45) is 10.9 Å². The van der Waals surface area contributed by atoms with Crippen molar-refractivity contribution in [2.75, 3.05) is 20.2 Å². The maximum atomic E-state index is 11.7. The van der Waals surface area contributed by atoms with E-state index in [1.807, 2.05) is 24.3 Å². The highest BCUT2D eigenvalue weighted by Gasteiger charge is 2.23. The molecule has 6 nitrogen and oxygen atoms in total. The summed E-state index contributed by atoms with van der Waals surface area (Å²) in [5, 5.41) is 9.73. The number of aliphatic imine (C=N–C) groups is 1. The molecule has 1 saturated carbocycles. The number of rotatable bonds is 11. The van der Waals surface area contributed by atoms with Crippen molar-refractivity contribution in [3.8, 4) is 5.75 Å². The second-order valence-electron chi connectivity index (χ2n) is 8.04. The molecule has 2 rings (SSSR count). The molecule has 1 unspecified atom stereocenters. The third kappa shape index (κ3) is 9.11. The predicted octanol–water partition coefficient (Wildman–Crippen LogP) is 2.88. The van der Waals surface area contributed by atoms with E-state index in [0.29, 0.717) is 12.1 Å². The summed E-state index contributed by atoms with van der Waals surface area (Å²) in [7, 11) is 1.80. The number of nitrogens with zero attached hydrogens (tertiary/aromatic N) is 1. The molecular weight excluding hydrogens is 352 g/mol. The van der Waals surface area contributed by atoms with Crippen molar-refractivity contribution in [2.45, 2.75) is 65.0 Å². The summed E-state index contributed by atoms with van der Waals surface area (Å²) in [6, 6.07) is 8.69. The normalized spacial score (nSPS) is 15.2. The third-order valence-electron chi connectivity index (χ3n) is 4.73. The van der Waals surface area contributed by atoms with Crippen molar-refractivity contribution < 1.29 is 9.53 Å². The monoisotopic (exact) mass is 388 g/mol. The van der Waals surface area contributed by atoms with Gasteiger partial charge in [-0.1, -0.05) is 26.0 Å². The van der Waals surface area contributed by atoms with Gasteiger partial charge in [-0.25, -0.2) is 0 Å². The van der Waals surface area contributed by atoms with Crippen LogP contribution in [0.25, 0.3) is 0 Å². The van der Waals surface area contributed by atoms with Crippen LogP contribution in [0.15, 0.2) is 29.3 Å². The summed E-state index contributed by atoms with van der Waals surface area (Å²) in [5.74, 6) is 2.24. The van der Waals surface area contributed by atoms with Crippen molar-refractivity contribution in [1.29, 1.82) is 0 Å². The van der Waals surface area contributed by atoms with Crippen LogP contribution in [0.4, 0.5) is 0 Å². The Morgan fingerprint density at radius 3 is 2.50 bits per heavy atom. The van der Waals surface area contributed by atoms with Crippen LogP contribution in [-0.2, 0) is 11.2 Å². The first kappa shape index (κ1) is 22.1. The van der Waals surface area contributed by atoms with E-state index in [9.17, 15) is 4.79 Å². The highest BCUT2D eigenvalue weighted by atomic mass is 16.5. The summed E-state index contributed by atoms with van der Waals surface area (Å²) in [6.07, 6.45) is 5.42. The lowest BCUT2D eigenvalue weighted by molar-refractivity contribution is -0.123. The number of hydrogen-bond acceptors (Lipinski definition) is 3. The summed E-state index contributed by atoms with van der Waals surface area (Å²) in [5.41, 5.74) is 1.21. The number of nitrogens with one attached hydrogen (secondary N) is 3. The fourth-order valence-electron chi connectivity index (χ4n) is 2.81. The lowest BCUT2D eigenvalue weighted by atomic mass is 10.0. The molecule has 156 valence electrons. The van der Waals surface area contributed by atoms with E-state index >= 15 is 0 Å². The van der Waals surface area contributed by atoms with E-state index in [4.69, 9.17) is 4.74 Å². The van der Waals surface area contributed by atoms with Gasteiger partial charge in [0, 0.05) is 25.7 Å². The van der Waals surface area contributed by atoms with Crippen molar-refractivity contribution in [3.63, 3.8) is 0 Å². The van der Waals surface area contributed by atoms with E-state index in [1.54, 1.807) is 7.05 Å². The van der Waals surface area contributed by atoms with Gasteiger partial charge in [-0.15, -0.1) is 0 Å². The quantitative estimate of drug-likeness (QED) is 0.402. The molecule has 0 radical (unpaired) electrons. The Morgan fingerprint density at radius 2 is 1.89 bits per heavy atom. The molecule has 0 bridgehead atoms. The summed E-state index contributed by atoms with van der Waals surface area (Å²) < 4.78 is 5.54. The molecule has 0 aromatic heterocycles. The van der Waals surface area contributed by atoms with Gasteiger partial charge in [0.1, 0.15) is 5.75 Å². The largest absolute Gasteiger partial charge is 0.484 e. The molecule has 1 amide bonds. The molecule has 0 heterocycles. The molecule has 0 spiro atoms. The highest BCUT2D eigenvalue weighted by Crippen LogP contribution is 2.18. The average Bonchev–Trinajstić information content (AvgIpc) is 3.48. The fourth-order valence-corrected chi connectivity index (χ4v) is 2.81. The zero-order valence-corrected chi connectivity index (χ0v) is 17.8. The lowest BCUT2D eigenvalue weighted by Crippen LogP contribution is -2.43. The molecule has 1 atom stereocenters. The van der Waals surface area contributed by atoms with Gasteiger partial charge in [0.25, 0.3) is 5.91 Å². The fraction of sp³-hybridized carbons (Fsp3) is 0.636. The maximum Gasteiger partial charge on any atom is 0.258 e. The smallest absolute Gasteiger partial charge is 0.258 e. The molecule has 1 fully saturated rings. The van der Waals surface area contributed by atoms with Crippen molar-refractivity contribution in [1.82, 2.24) is 16.0 Å². The van der Waals surface area contributed by atoms with Gasteiger partial charge < -0.3 is 20.7 Å². The van der Waals surface area contributed by atoms with Crippen LogP contribution in [0.5, 0.6) is 5.75 Å². The second kappa shape index (κ2) is 11.6. The van der Waals surface area contributed by atoms with E-state index in [2.05, 4.69) is 41.7 Å². The summed E-state index contributed by atoms with van der Waals surface area (Å²) >= 11 is 0. The van der Waals surface area contributed by atoms with Crippen molar-refractivity contribution in [3.05, 3.63) is 29.8 Å². The third-order valence-corrected chi connectivity index (χ3v) is 4.73. The maximum absolute atomic E-state index is 11.7. The van der Waals surface area contributed by atoms with E-state index in [-0.39, 0.29) is 12.5 Å². The minimum absolute atomic E-state index is 0.0442. The number of amides is 1. The topological polar surface area (TPSA) is 74.8 Å². The minimum Gasteiger partial charge on any atom is -0.484 e. The molecule has 28 heavy (non-hydrogen) atoms. The molecule has 1 aromatic carbocycles. The van der Waals surface area contributed by atoms with Crippen LogP contribution >= 0.6 is 0 Å². The lowest BCUT2D eigenvalue weighted by Gasteiger charge is -2.18. The number of hydrogen-bond donors (Lipinski definition) is 3. The van der Waals surface area contributed by atoms with E-state index in [0.717, 1.165) is 49.9 Å². The highest BCUT2D eigenvalue weighted by molar-refractivity contribution is 5.80. The van der Waals surface area contributed by atoms with Crippen LogP contribution in [0, 0.1) is 5.92 Å². The van der Waals surface area contributed by atoms with Gasteiger partial charge in [-0.05, 0) is 62.6 Å². The zero-order valence-electron chi connectivity index (χ0n) is 17.8. The Labute approximate surface area is 169 Å². The Hall–Kier alpha value is -2.24. The minimum atomic E-state index is -0.0442. The van der Waals surface area contributed by atoms with Crippen LogP contribution in [0.1, 0.15) is 52.0 Å². The van der Waals surface area contributed by atoms with Gasteiger partial charge in [-0.2, -0.15) is 0 Å². The number of ether oxygens (including phenoxy) is 1. The predicted molar refractivity (Wildman–Crippen MR) is 115 cm³/mol. The number of guanidine groups is 1. The Morgan fingerprint density at radius 1 is 1.18 bits per heavy atom. The SMILES string of the molecule is CN=C(NCCc1ccc(OCC(=O)NC2CC2)cc1)NC(C)CCC(C)C. The average molecular weight is 389 g/mol. The van der Waals surface area contributed by atoms with Crippen molar-refractivity contribution >= 4 is 11.9 Å². The van der Waals surface area contributed by atoms with Gasteiger partial charge in [0.2, 0.25) is 0 Å². The molecule has 0 aliphatic heterocycles. The molecular formula is C22H36N4O2. The number of carbonyl (C=O) groups excluding carboxylic acids is 1. The zero-order chi connectivity index (χ0) is 20.4. The first-order valence-electron chi connectivity index (χ1n) is 10.4. The molecule has 3 N–H and O–H groups in total. The van der Waals surface area contributed by atoms with Gasteiger partial charge in [0.05, 0.1) is 0 Å². The Balaban J connectivity index is 1.65. The molecule has 0 saturated heterocycles. The van der Waals surface area contributed by atoms with E-state index in [1.165, 1.54) is 12.0 Å². The van der Waals surface area contributed by atoms with Crippen LogP contribution in [-0.4, -0.2) is 44.1 Å². The van der Waals surface area contributed by atoms with Gasteiger partial charge in [-0.3, -0.25) is 9.79 Å². The first-order chi connectivity index (χ1) is 13.5. The molecule has 1 aromatic rings. The van der Waals surface area contributed by atoms with Crippen LogP contribution in [0.3, 0.4) is 0 Å². The first-order valence-corrected chi connectivity index (χ1v) is 10.4. The Kier molecular flexibility index (Phi) is 9.11. The molecule has 1 aliphatic rings. The van der Waals surface area contributed by atoms with Crippen LogP contribution < -0.4 is 20.7 Å². The van der Waals surface area contributed by atoms with Crippen LogP contribution in [0.2, 0.25) is 0 Å². The molecule has 1 aliphatic carbocycles. The van der Waals surface area contributed by atoms with E-state index < -0.39 is 0 Å². The van der Waals surface area contributed by atoms with Gasteiger partial charge in [0.15, 0.2) is 12.6 Å². The number of benzene rings is 1. The Bertz CT molecular complexity index is 624.